The lowest BCUT2D eigenvalue weighted by Gasteiger charge is -2.12. The fraction of sp³-hybridized carbons (Fsp3) is 0.0909. The van der Waals surface area contributed by atoms with E-state index in [0.717, 1.165) is 0 Å². The van der Waals surface area contributed by atoms with Crippen LogP contribution in [0.2, 0.25) is 0 Å². The number of aromatic nitrogens is 2. The van der Waals surface area contributed by atoms with Crippen LogP contribution in [0.25, 0.3) is 43.6 Å². The second kappa shape index (κ2) is 6.01. The molecule has 30 heavy (non-hydrogen) atoms. The Morgan fingerprint density at radius 1 is 0.800 bits per heavy atom. The summed E-state index contributed by atoms with van der Waals surface area (Å²) in [6, 6.07) is 11.8. The second-order valence-corrected chi connectivity index (χ2v) is 8.77. The topological polar surface area (TPSA) is 120 Å². The summed E-state index contributed by atoms with van der Waals surface area (Å²) in [7, 11) is -4.62. The highest BCUT2D eigenvalue weighted by molar-refractivity contribution is 7.86. The molecule has 0 spiro atoms. The molecule has 7 nitrogen and oxygen atoms in total. The van der Waals surface area contributed by atoms with Crippen molar-refractivity contribution in [2.75, 3.05) is 0 Å². The minimum Gasteiger partial charge on any atom is -0.354 e. The fourth-order valence-electron chi connectivity index (χ4n) is 4.24. The zero-order valence-electron chi connectivity index (χ0n) is 16.0. The summed E-state index contributed by atoms with van der Waals surface area (Å²) in [6.45, 7) is 3.26. The lowest BCUT2D eigenvalue weighted by Crippen LogP contribution is -2.13. The first kappa shape index (κ1) is 18.5. The molecule has 0 atom stereocenters. The number of hydrogen-bond acceptors (Lipinski definition) is 4. The van der Waals surface area contributed by atoms with Gasteiger partial charge in [-0.3, -0.25) is 14.1 Å². The van der Waals surface area contributed by atoms with Gasteiger partial charge in [0.15, 0.2) is 10.9 Å². The van der Waals surface area contributed by atoms with Gasteiger partial charge in [-0.25, -0.2) is 0 Å². The Labute approximate surface area is 169 Å². The summed E-state index contributed by atoms with van der Waals surface area (Å²) >= 11 is 0. The summed E-state index contributed by atoms with van der Waals surface area (Å²) < 4.78 is 33.7. The number of aromatic amines is 2. The summed E-state index contributed by atoms with van der Waals surface area (Å²) in [5, 5.41) is 1.12. The molecule has 0 unspecified atom stereocenters. The van der Waals surface area contributed by atoms with Crippen LogP contribution in [0.5, 0.6) is 0 Å². The first-order chi connectivity index (χ1) is 14.2. The Morgan fingerprint density at radius 2 is 1.50 bits per heavy atom. The molecule has 0 bridgehead atoms. The lowest BCUT2D eigenvalue weighted by molar-refractivity contribution is 0.483. The van der Waals surface area contributed by atoms with Gasteiger partial charge in [-0.1, -0.05) is 18.2 Å². The number of pyridine rings is 2. The quantitative estimate of drug-likeness (QED) is 0.283. The minimum absolute atomic E-state index is 0.105. The maximum absolute atomic E-state index is 13.4. The average molecular weight is 420 g/mol. The van der Waals surface area contributed by atoms with E-state index < -0.39 is 20.4 Å². The van der Waals surface area contributed by atoms with E-state index in [0.29, 0.717) is 32.9 Å². The van der Waals surface area contributed by atoms with Crippen LogP contribution in [0.3, 0.4) is 0 Å². The van der Waals surface area contributed by atoms with Crippen molar-refractivity contribution in [2.45, 2.75) is 18.7 Å². The third kappa shape index (κ3) is 2.44. The standard InChI is InChI=1S/C22H16N2O5S/c1-10-7-8-15-18(22(10)30(27,28)29)21(26)13-9-16-17(11(2)19(13)24-15)20(25)12-5-3-4-6-14(12)23-16/h3-9H,1-2H3,(H,23,25)(H,24,26)(H,27,28,29). The largest absolute Gasteiger partial charge is 0.354 e. The van der Waals surface area contributed by atoms with Gasteiger partial charge in [-0.2, -0.15) is 8.42 Å². The van der Waals surface area contributed by atoms with Gasteiger partial charge in [0, 0.05) is 16.3 Å². The second-order valence-electron chi connectivity index (χ2n) is 7.41. The van der Waals surface area contributed by atoms with Gasteiger partial charge in [0.2, 0.25) is 0 Å². The zero-order chi connectivity index (χ0) is 21.4. The lowest BCUT2D eigenvalue weighted by atomic mass is 10.00. The molecule has 5 aromatic rings. The third-order valence-corrected chi connectivity index (χ3v) is 6.63. The molecular weight excluding hydrogens is 404 g/mol. The molecular formula is C22H16N2O5S. The number of para-hydroxylation sites is 1. The van der Waals surface area contributed by atoms with E-state index in [1.54, 1.807) is 43.3 Å². The van der Waals surface area contributed by atoms with E-state index in [9.17, 15) is 22.6 Å². The van der Waals surface area contributed by atoms with Crippen molar-refractivity contribution in [1.29, 1.82) is 0 Å². The molecule has 0 aliphatic rings. The van der Waals surface area contributed by atoms with E-state index in [4.69, 9.17) is 0 Å². The number of rotatable bonds is 1. The predicted octanol–water partition coefficient (Wildman–Crippen LogP) is 3.54. The van der Waals surface area contributed by atoms with Crippen LogP contribution in [-0.2, 0) is 10.1 Å². The predicted molar refractivity (Wildman–Crippen MR) is 117 cm³/mol. The molecule has 150 valence electrons. The van der Waals surface area contributed by atoms with E-state index >= 15 is 0 Å². The SMILES string of the molecule is Cc1ccc2[nH]c3c(C)c4c(=O)c5ccccc5[nH]c4cc3c(=O)c2c1S(=O)(=O)O. The van der Waals surface area contributed by atoms with Gasteiger partial charge in [-0.15, -0.1) is 0 Å². The molecule has 3 N–H and O–H groups in total. The molecule has 3 aromatic carbocycles. The molecule has 8 heteroatoms. The fourth-order valence-corrected chi connectivity index (χ4v) is 5.17. The van der Waals surface area contributed by atoms with Crippen LogP contribution in [0.1, 0.15) is 11.1 Å². The van der Waals surface area contributed by atoms with Gasteiger partial charge in [0.1, 0.15) is 4.90 Å². The first-order valence-electron chi connectivity index (χ1n) is 9.19. The van der Waals surface area contributed by atoms with Crippen LogP contribution in [-0.4, -0.2) is 22.9 Å². The normalized spacial score (nSPS) is 12.4. The Kier molecular flexibility index (Phi) is 3.71. The molecule has 0 aliphatic heterocycles. The van der Waals surface area contributed by atoms with Gasteiger partial charge in [-0.05, 0) is 49.2 Å². The minimum atomic E-state index is -4.62. The summed E-state index contributed by atoms with van der Waals surface area (Å²) in [5.41, 5.74) is 2.01. The maximum Gasteiger partial charge on any atom is 0.295 e. The molecule has 0 saturated heterocycles. The molecule has 0 aliphatic carbocycles. The first-order valence-corrected chi connectivity index (χ1v) is 10.6. The van der Waals surface area contributed by atoms with Gasteiger partial charge < -0.3 is 9.97 Å². The number of benzene rings is 3. The molecule has 2 heterocycles. The number of aryl methyl sites for hydroxylation is 2. The van der Waals surface area contributed by atoms with Crippen molar-refractivity contribution >= 4 is 53.7 Å². The number of nitrogens with one attached hydrogen (secondary N) is 2. The molecule has 0 amide bonds. The van der Waals surface area contributed by atoms with E-state index in [1.165, 1.54) is 13.0 Å². The smallest absolute Gasteiger partial charge is 0.295 e. The molecule has 0 saturated carbocycles. The van der Waals surface area contributed by atoms with Crippen LogP contribution in [0.4, 0.5) is 0 Å². The molecule has 0 radical (unpaired) electrons. The highest BCUT2D eigenvalue weighted by Crippen LogP contribution is 2.29. The molecule has 2 aromatic heterocycles. The van der Waals surface area contributed by atoms with Crippen LogP contribution in [0, 0.1) is 13.8 Å². The Morgan fingerprint density at radius 3 is 2.23 bits per heavy atom. The zero-order valence-corrected chi connectivity index (χ0v) is 16.8. The molecule has 0 fully saturated rings. The number of hydrogen-bond donors (Lipinski definition) is 3. The van der Waals surface area contributed by atoms with E-state index in [1.807, 2.05) is 0 Å². The Balaban J connectivity index is 2.08. The Bertz CT molecular complexity index is 1780. The van der Waals surface area contributed by atoms with E-state index in [-0.39, 0.29) is 27.3 Å². The van der Waals surface area contributed by atoms with Crippen LogP contribution < -0.4 is 10.9 Å². The maximum atomic E-state index is 13.4. The van der Waals surface area contributed by atoms with Crippen molar-refractivity contribution < 1.29 is 13.0 Å². The van der Waals surface area contributed by atoms with Gasteiger partial charge >= 0.3 is 0 Å². The Hall–Kier alpha value is -3.49. The van der Waals surface area contributed by atoms with E-state index in [2.05, 4.69) is 9.97 Å². The molecule has 5 rings (SSSR count). The summed E-state index contributed by atoms with van der Waals surface area (Å²) in [5.74, 6) is 0. The number of H-pyrrole nitrogens is 2. The summed E-state index contributed by atoms with van der Waals surface area (Å²) in [4.78, 5) is 32.4. The highest BCUT2D eigenvalue weighted by atomic mass is 32.2. The number of fused-ring (bicyclic) bond motifs is 4. The van der Waals surface area contributed by atoms with Crippen molar-refractivity contribution in [3.63, 3.8) is 0 Å². The van der Waals surface area contributed by atoms with Crippen molar-refractivity contribution in [3.8, 4) is 0 Å². The van der Waals surface area contributed by atoms with Gasteiger partial charge in [0.25, 0.3) is 10.1 Å². The highest BCUT2D eigenvalue weighted by Gasteiger charge is 2.22. The van der Waals surface area contributed by atoms with Crippen LogP contribution >= 0.6 is 0 Å². The average Bonchev–Trinajstić information content (AvgIpc) is 2.68. The van der Waals surface area contributed by atoms with Crippen molar-refractivity contribution in [3.05, 3.63) is 74.0 Å². The summed E-state index contributed by atoms with van der Waals surface area (Å²) in [6.07, 6.45) is 0. The van der Waals surface area contributed by atoms with Crippen molar-refractivity contribution in [1.82, 2.24) is 9.97 Å². The van der Waals surface area contributed by atoms with Gasteiger partial charge in [0.05, 0.1) is 27.3 Å². The monoisotopic (exact) mass is 420 g/mol. The third-order valence-electron chi connectivity index (χ3n) is 5.59. The van der Waals surface area contributed by atoms with Crippen LogP contribution in [0.15, 0.2) is 56.9 Å². The van der Waals surface area contributed by atoms with Crippen molar-refractivity contribution in [2.24, 2.45) is 0 Å².